The standard InChI is InChI=1S/C15H21N3O2/c1-4-9-16-18-15(20)8-7-14(19)17-13-10-11(2)5-6-12(13)3/h5-6,9-10H,4,7-8H2,1-3H3,(H,17,19)(H,18,20)/b16-9+. The van der Waals surface area contributed by atoms with Crippen LogP contribution >= 0.6 is 0 Å². The van der Waals surface area contributed by atoms with Gasteiger partial charge in [0, 0.05) is 24.7 Å². The zero-order chi connectivity index (χ0) is 15.0. The molecule has 1 aromatic rings. The number of amides is 2. The Kier molecular flexibility index (Phi) is 6.43. The fourth-order valence-corrected chi connectivity index (χ4v) is 1.58. The molecule has 2 N–H and O–H groups in total. The molecule has 0 unspecified atom stereocenters. The fraction of sp³-hybridized carbons (Fsp3) is 0.400. The van der Waals surface area contributed by atoms with Crippen LogP contribution in [0, 0.1) is 13.8 Å². The third-order valence-corrected chi connectivity index (χ3v) is 2.71. The average molecular weight is 275 g/mol. The molecule has 0 aliphatic rings. The van der Waals surface area contributed by atoms with Crippen LogP contribution in [0.25, 0.3) is 0 Å². The van der Waals surface area contributed by atoms with Gasteiger partial charge in [-0.3, -0.25) is 9.59 Å². The first kappa shape index (κ1) is 15.9. The summed E-state index contributed by atoms with van der Waals surface area (Å²) in [6.07, 6.45) is 2.63. The van der Waals surface area contributed by atoms with Gasteiger partial charge in [-0.15, -0.1) is 0 Å². The summed E-state index contributed by atoms with van der Waals surface area (Å²) in [6.45, 7) is 5.82. The predicted molar refractivity (Wildman–Crippen MR) is 80.7 cm³/mol. The third-order valence-electron chi connectivity index (χ3n) is 2.71. The van der Waals surface area contributed by atoms with Gasteiger partial charge in [-0.1, -0.05) is 19.1 Å². The molecule has 0 bridgehead atoms. The molecule has 0 aliphatic carbocycles. The van der Waals surface area contributed by atoms with Crippen molar-refractivity contribution in [2.75, 3.05) is 5.32 Å². The Morgan fingerprint density at radius 1 is 1.20 bits per heavy atom. The van der Waals surface area contributed by atoms with Crippen molar-refractivity contribution in [2.45, 2.75) is 40.0 Å². The summed E-state index contributed by atoms with van der Waals surface area (Å²) in [5.41, 5.74) is 5.25. The Balaban J connectivity index is 2.42. The summed E-state index contributed by atoms with van der Waals surface area (Å²) in [6, 6.07) is 5.86. The molecule has 2 amide bonds. The number of benzene rings is 1. The highest BCUT2D eigenvalue weighted by Gasteiger charge is 2.08. The minimum atomic E-state index is -0.259. The molecule has 0 fully saturated rings. The third kappa shape index (κ3) is 5.65. The van der Waals surface area contributed by atoms with Gasteiger partial charge in [0.1, 0.15) is 0 Å². The SMILES string of the molecule is CC/C=N/NC(=O)CCC(=O)Nc1cc(C)ccc1C. The highest BCUT2D eigenvalue weighted by Crippen LogP contribution is 2.16. The van der Waals surface area contributed by atoms with Gasteiger partial charge < -0.3 is 5.32 Å². The maximum Gasteiger partial charge on any atom is 0.240 e. The van der Waals surface area contributed by atoms with E-state index in [1.165, 1.54) is 0 Å². The highest BCUT2D eigenvalue weighted by molar-refractivity contribution is 5.93. The minimum Gasteiger partial charge on any atom is -0.326 e. The van der Waals surface area contributed by atoms with Gasteiger partial charge in [0.15, 0.2) is 0 Å². The van der Waals surface area contributed by atoms with Crippen LogP contribution in [-0.4, -0.2) is 18.0 Å². The Bertz CT molecular complexity index is 510. The second-order valence-corrected chi connectivity index (χ2v) is 4.62. The molecule has 5 nitrogen and oxygen atoms in total. The molecule has 5 heteroatoms. The summed E-state index contributed by atoms with van der Waals surface area (Å²) in [4.78, 5) is 23.2. The van der Waals surface area contributed by atoms with E-state index >= 15 is 0 Å². The molecule has 0 saturated carbocycles. The largest absolute Gasteiger partial charge is 0.326 e. The first-order chi connectivity index (χ1) is 9.52. The molecule has 1 aromatic carbocycles. The van der Waals surface area contributed by atoms with Crippen molar-refractivity contribution in [3.05, 3.63) is 29.3 Å². The van der Waals surface area contributed by atoms with E-state index in [-0.39, 0.29) is 24.7 Å². The molecule has 0 atom stereocenters. The monoisotopic (exact) mass is 275 g/mol. The van der Waals surface area contributed by atoms with Crippen LogP contribution in [0.3, 0.4) is 0 Å². The van der Waals surface area contributed by atoms with Crippen molar-refractivity contribution in [1.29, 1.82) is 0 Å². The topological polar surface area (TPSA) is 70.6 Å². The van der Waals surface area contributed by atoms with E-state index in [0.717, 1.165) is 23.2 Å². The molecular formula is C15H21N3O2. The number of hydrogen-bond donors (Lipinski definition) is 2. The normalized spacial score (nSPS) is 10.6. The molecule has 0 heterocycles. The van der Waals surface area contributed by atoms with Crippen molar-refractivity contribution < 1.29 is 9.59 Å². The van der Waals surface area contributed by atoms with E-state index in [1.807, 2.05) is 39.0 Å². The molecule has 108 valence electrons. The maximum atomic E-state index is 11.8. The summed E-state index contributed by atoms with van der Waals surface area (Å²) in [5.74, 6) is -0.431. The molecule has 1 rings (SSSR count). The van der Waals surface area contributed by atoms with Gasteiger partial charge in [-0.25, -0.2) is 5.43 Å². The van der Waals surface area contributed by atoms with E-state index < -0.39 is 0 Å². The lowest BCUT2D eigenvalue weighted by molar-refractivity contribution is -0.124. The lowest BCUT2D eigenvalue weighted by atomic mass is 10.1. The van der Waals surface area contributed by atoms with E-state index in [1.54, 1.807) is 6.21 Å². The molecule has 0 aromatic heterocycles. The van der Waals surface area contributed by atoms with Crippen molar-refractivity contribution in [3.63, 3.8) is 0 Å². The van der Waals surface area contributed by atoms with Crippen LogP contribution in [0.2, 0.25) is 0 Å². The number of hydrazone groups is 1. The Labute approximate surface area is 119 Å². The Morgan fingerprint density at radius 2 is 1.90 bits per heavy atom. The van der Waals surface area contributed by atoms with Gasteiger partial charge in [-0.05, 0) is 37.5 Å². The predicted octanol–water partition coefficient (Wildman–Crippen LogP) is 2.53. The zero-order valence-corrected chi connectivity index (χ0v) is 12.2. The number of aryl methyl sites for hydroxylation is 2. The van der Waals surface area contributed by atoms with E-state index in [9.17, 15) is 9.59 Å². The number of hydrogen-bond acceptors (Lipinski definition) is 3. The summed E-state index contributed by atoms with van der Waals surface area (Å²) >= 11 is 0. The van der Waals surface area contributed by atoms with Crippen LogP contribution < -0.4 is 10.7 Å². The van der Waals surface area contributed by atoms with E-state index in [2.05, 4.69) is 15.8 Å². The lowest BCUT2D eigenvalue weighted by Gasteiger charge is -2.09. The first-order valence-corrected chi connectivity index (χ1v) is 6.70. The van der Waals surface area contributed by atoms with Crippen molar-refractivity contribution >= 4 is 23.7 Å². The van der Waals surface area contributed by atoms with Gasteiger partial charge in [0.2, 0.25) is 11.8 Å². The van der Waals surface area contributed by atoms with Gasteiger partial charge in [0.05, 0.1) is 0 Å². The van der Waals surface area contributed by atoms with Gasteiger partial charge >= 0.3 is 0 Å². The molecule has 0 radical (unpaired) electrons. The summed E-state index contributed by atoms with van der Waals surface area (Å²) in [7, 11) is 0. The van der Waals surface area contributed by atoms with Crippen molar-refractivity contribution in [1.82, 2.24) is 5.43 Å². The van der Waals surface area contributed by atoms with Crippen LogP contribution in [0.15, 0.2) is 23.3 Å². The first-order valence-electron chi connectivity index (χ1n) is 6.70. The zero-order valence-electron chi connectivity index (χ0n) is 12.2. The minimum absolute atomic E-state index is 0.123. The van der Waals surface area contributed by atoms with Gasteiger partial charge in [0.25, 0.3) is 0 Å². The smallest absolute Gasteiger partial charge is 0.240 e. The second kappa shape index (κ2) is 8.09. The maximum absolute atomic E-state index is 11.8. The molecular weight excluding hydrogens is 254 g/mol. The molecule has 0 spiro atoms. The van der Waals surface area contributed by atoms with Crippen LogP contribution in [0.5, 0.6) is 0 Å². The van der Waals surface area contributed by atoms with E-state index in [0.29, 0.717) is 0 Å². The lowest BCUT2D eigenvalue weighted by Crippen LogP contribution is -2.20. The van der Waals surface area contributed by atoms with Crippen molar-refractivity contribution in [2.24, 2.45) is 5.10 Å². The number of anilines is 1. The summed E-state index contributed by atoms with van der Waals surface area (Å²) < 4.78 is 0. The van der Waals surface area contributed by atoms with Crippen molar-refractivity contribution in [3.8, 4) is 0 Å². The molecule has 20 heavy (non-hydrogen) atoms. The second-order valence-electron chi connectivity index (χ2n) is 4.62. The Hall–Kier alpha value is -2.17. The number of carbonyl (C=O) groups is 2. The molecule has 0 saturated heterocycles. The fourth-order valence-electron chi connectivity index (χ4n) is 1.58. The number of rotatable bonds is 6. The van der Waals surface area contributed by atoms with Crippen LogP contribution in [0.1, 0.15) is 37.3 Å². The van der Waals surface area contributed by atoms with Crippen LogP contribution in [-0.2, 0) is 9.59 Å². The number of nitrogens with one attached hydrogen (secondary N) is 2. The average Bonchev–Trinajstić information content (AvgIpc) is 2.41. The highest BCUT2D eigenvalue weighted by atomic mass is 16.2. The quantitative estimate of drug-likeness (QED) is 0.618. The van der Waals surface area contributed by atoms with Gasteiger partial charge in [-0.2, -0.15) is 5.10 Å². The Morgan fingerprint density at radius 3 is 2.60 bits per heavy atom. The molecule has 0 aliphatic heterocycles. The summed E-state index contributed by atoms with van der Waals surface area (Å²) in [5, 5.41) is 6.54. The van der Waals surface area contributed by atoms with Crippen LogP contribution in [0.4, 0.5) is 5.69 Å². The number of nitrogens with zero attached hydrogens (tertiary/aromatic N) is 1. The van der Waals surface area contributed by atoms with E-state index in [4.69, 9.17) is 0 Å². The number of carbonyl (C=O) groups excluding carboxylic acids is 2.